The van der Waals surface area contributed by atoms with Crippen LogP contribution in [0.25, 0.3) is 0 Å². The number of esters is 1. The fourth-order valence-electron chi connectivity index (χ4n) is 2.70. The van der Waals surface area contributed by atoms with E-state index in [4.69, 9.17) is 27.9 Å². The minimum absolute atomic E-state index is 0.0832. The molecule has 1 atom stereocenters. The van der Waals surface area contributed by atoms with Crippen molar-refractivity contribution in [3.63, 3.8) is 0 Å². The average Bonchev–Trinajstić information content (AvgIpc) is 2.48. The number of nitrogens with one attached hydrogen (secondary N) is 1. The van der Waals surface area contributed by atoms with E-state index in [-0.39, 0.29) is 21.2 Å². The highest BCUT2D eigenvalue weighted by atomic mass is 35.5. The molecule has 0 saturated heterocycles. The predicted octanol–water partition coefficient (Wildman–Crippen LogP) is 2.15. The number of aliphatic carboxylic acids is 1. The Kier molecular flexibility index (Phi) is 5.02. The summed E-state index contributed by atoms with van der Waals surface area (Å²) in [5.74, 6) is -2.98. The highest BCUT2D eigenvalue weighted by molar-refractivity contribution is 6.42. The van der Waals surface area contributed by atoms with Crippen LogP contribution in [0.5, 0.6) is 0 Å². The number of hydrogen-bond donors (Lipinski definition) is 1. The minimum Gasteiger partial charge on any atom is -0.545 e. The van der Waals surface area contributed by atoms with Gasteiger partial charge in [0.25, 0.3) is 0 Å². The first kappa shape index (κ1) is 17.4. The van der Waals surface area contributed by atoms with Crippen molar-refractivity contribution >= 4 is 35.1 Å². The van der Waals surface area contributed by atoms with Crippen LogP contribution in [-0.4, -0.2) is 19.0 Å². The number of rotatable bonds is 3. The average molecular weight is 355 g/mol. The van der Waals surface area contributed by atoms with E-state index in [1.54, 1.807) is 32.0 Å². The molecule has 0 aromatic heterocycles. The SMILES string of the molecule is COC(=O)C1=C(C)NC(C)=C(C(=O)[O-])[C@H]1c1cccc(Cl)c1Cl. The van der Waals surface area contributed by atoms with Gasteiger partial charge in [-0.3, -0.25) is 0 Å². The van der Waals surface area contributed by atoms with E-state index in [9.17, 15) is 14.7 Å². The Morgan fingerprint density at radius 1 is 1.17 bits per heavy atom. The molecule has 0 fully saturated rings. The van der Waals surface area contributed by atoms with Gasteiger partial charge in [-0.05, 0) is 25.5 Å². The number of dihydropyridines is 1. The third-order valence-electron chi connectivity index (χ3n) is 3.68. The molecule has 0 bridgehead atoms. The van der Waals surface area contributed by atoms with Crippen molar-refractivity contribution in [2.75, 3.05) is 7.11 Å². The first-order valence-electron chi connectivity index (χ1n) is 6.71. The van der Waals surface area contributed by atoms with E-state index in [2.05, 4.69) is 5.32 Å². The Labute approximate surface area is 143 Å². The zero-order chi connectivity index (χ0) is 17.3. The molecule has 5 nitrogen and oxygen atoms in total. The van der Waals surface area contributed by atoms with Crippen LogP contribution in [0.2, 0.25) is 10.0 Å². The second-order valence-electron chi connectivity index (χ2n) is 5.06. The molecule has 0 aliphatic carbocycles. The smallest absolute Gasteiger partial charge is 0.336 e. The fourth-order valence-corrected chi connectivity index (χ4v) is 3.12. The lowest BCUT2D eigenvalue weighted by atomic mass is 9.80. The van der Waals surface area contributed by atoms with Crippen molar-refractivity contribution in [2.45, 2.75) is 19.8 Å². The zero-order valence-corrected chi connectivity index (χ0v) is 14.2. The van der Waals surface area contributed by atoms with Crippen molar-refractivity contribution < 1.29 is 19.4 Å². The van der Waals surface area contributed by atoms with Gasteiger partial charge in [0.15, 0.2) is 0 Å². The van der Waals surface area contributed by atoms with Gasteiger partial charge in [-0.2, -0.15) is 0 Å². The van der Waals surface area contributed by atoms with Gasteiger partial charge in [-0.25, -0.2) is 4.79 Å². The Hall–Kier alpha value is -1.98. The summed E-state index contributed by atoms with van der Waals surface area (Å²) in [7, 11) is 1.23. The zero-order valence-electron chi connectivity index (χ0n) is 12.7. The fraction of sp³-hybridized carbons (Fsp3) is 0.250. The van der Waals surface area contributed by atoms with Crippen LogP contribution in [0, 0.1) is 0 Å². The summed E-state index contributed by atoms with van der Waals surface area (Å²) < 4.78 is 4.80. The normalized spacial score (nSPS) is 17.9. The van der Waals surface area contributed by atoms with Crippen LogP contribution < -0.4 is 10.4 Å². The van der Waals surface area contributed by atoms with Crippen molar-refractivity contribution in [1.29, 1.82) is 0 Å². The Bertz CT molecular complexity index is 752. The van der Waals surface area contributed by atoms with Crippen molar-refractivity contribution in [3.05, 3.63) is 56.3 Å². The van der Waals surface area contributed by atoms with Crippen LogP contribution in [0.15, 0.2) is 40.7 Å². The molecular formula is C16H14Cl2NO4-. The Balaban J connectivity index is 2.77. The first-order chi connectivity index (χ1) is 10.8. The maximum atomic E-state index is 12.2. The Morgan fingerprint density at radius 3 is 2.35 bits per heavy atom. The van der Waals surface area contributed by atoms with E-state index in [0.717, 1.165) is 0 Å². The molecule has 1 aliphatic heterocycles. The third-order valence-corrected chi connectivity index (χ3v) is 4.51. The number of carboxylic acid groups (broad SMARTS) is 1. The molecule has 1 aromatic rings. The molecule has 1 heterocycles. The van der Waals surface area contributed by atoms with E-state index in [1.807, 2.05) is 0 Å². The summed E-state index contributed by atoms with van der Waals surface area (Å²) in [6.45, 7) is 3.25. The number of carboxylic acids is 1. The van der Waals surface area contributed by atoms with Gasteiger partial charge in [-0.15, -0.1) is 0 Å². The van der Waals surface area contributed by atoms with Gasteiger partial charge < -0.3 is 20.0 Å². The second kappa shape index (κ2) is 6.64. The standard InChI is InChI=1S/C16H15Cl2NO4/c1-7-11(15(20)21)13(9-5-4-6-10(17)14(9)18)12(8(2)19-7)16(22)23-3/h4-6,13,19H,1-3H3,(H,20,21)/p-1/t13-/m1/s1. The number of ether oxygens (including phenoxy) is 1. The maximum absolute atomic E-state index is 12.2. The molecule has 1 N–H and O–H groups in total. The lowest BCUT2D eigenvalue weighted by Gasteiger charge is -2.32. The number of carbonyl (C=O) groups is 2. The van der Waals surface area contributed by atoms with E-state index < -0.39 is 17.9 Å². The molecule has 1 aliphatic rings. The molecule has 23 heavy (non-hydrogen) atoms. The summed E-state index contributed by atoms with van der Waals surface area (Å²) in [6, 6.07) is 4.84. The van der Waals surface area contributed by atoms with Gasteiger partial charge in [0.2, 0.25) is 0 Å². The highest BCUT2D eigenvalue weighted by Crippen LogP contribution is 2.42. The molecule has 0 radical (unpaired) electrons. The van der Waals surface area contributed by atoms with Gasteiger partial charge in [-0.1, -0.05) is 35.3 Å². The van der Waals surface area contributed by atoms with E-state index in [0.29, 0.717) is 17.0 Å². The summed E-state index contributed by atoms with van der Waals surface area (Å²) in [5.41, 5.74) is 1.33. The third kappa shape index (κ3) is 3.07. The number of benzene rings is 1. The molecule has 2 rings (SSSR count). The number of methoxy groups -OCH3 is 1. The summed E-state index contributed by atoms with van der Waals surface area (Å²) >= 11 is 12.3. The van der Waals surface area contributed by atoms with Gasteiger partial charge >= 0.3 is 5.97 Å². The monoisotopic (exact) mass is 354 g/mol. The van der Waals surface area contributed by atoms with Crippen LogP contribution in [0.1, 0.15) is 25.3 Å². The van der Waals surface area contributed by atoms with E-state index >= 15 is 0 Å². The highest BCUT2D eigenvalue weighted by Gasteiger charge is 2.35. The Morgan fingerprint density at radius 2 is 1.78 bits per heavy atom. The maximum Gasteiger partial charge on any atom is 0.336 e. The number of halogens is 2. The van der Waals surface area contributed by atoms with Crippen LogP contribution in [0.4, 0.5) is 0 Å². The van der Waals surface area contributed by atoms with Crippen molar-refractivity contribution in [2.24, 2.45) is 0 Å². The molecular weight excluding hydrogens is 341 g/mol. The molecule has 7 heteroatoms. The summed E-state index contributed by atoms with van der Waals surface area (Å²) in [5, 5.41) is 15.0. The second-order valence-corrected chi connectivity index (χ2v) is 5.84. The van der Waals surface area contributed by atoms with E-state index in [1.165, 1.54) is 7.11 Å². The summed E-state index contributed by atoms with van der Waals surface area (Å²) in [4.78, 5) is 23.8. The lowest BCUT2D eigenvalue weighted by molar-refractivity contribution is -0.299. The van der Waals surface area contributed by atoms with Gasteiger partial charge in [0, 0.05) is 22.9 Å². The molecule has 1 aromatic carbocycles. The number of carbonyl (C=O) groups excluding carboxylic acids is 2. The van der Waals surface area contributed by atoms with Crippen molar-refractivity contribution in [1.82, 2.24) is 5.32 Å². The minimum atomic E-state index is -1.40. The molecule has 0 saturated carbocycles. The predicted molar refractivity (Wildman–Crippen MR) is 84.8 cm³/mol. The summed E-state index contributed by atoms with van der Waals surface area (Å²) in [6.07, 6.45) is 0. The first-order valence-corrected chi connectivity index (χ1v) is 7.47. The van der Waals surface area contributed by atoms with Crippen molar-refractivity contribution in [3.8, 4) is 0 Å². The lowest BCUT2D eigenvalue weighted by Crippen LogP contribution is -2.37. The van der Waals surface area contributed by atoms with Crippen LogP contribution >= 0.6 is 23.2 Å². The molecule has 0 amide bonds. The van der Waals surface area contributed by atoms with Gasteiger partial charge in [0.1, 0.15) is 0 Å². The topological polar surface area (TPSA) is 78.5 Å². The molecule has 122 valence electrons. The quantitative estimate of drug-likeness (QED) is 0.841. The van der Waals surface area contributed by atoms with Crippen LogP contribution in [0.3, 0.4) is 0 Å². The van der Waals surface area contributed by atoms with Crippen LogP contribution in [-0.2, 0) is 14.3 Å². The van der Waals surface area contributed by atoms with Gasteiger partial charge in [0.05, 0.1) is 28.7 Å². The molecule has 0 unspecified atom stereocenters. The largest absolute Gasteiger partial charge is 0.545 e. The molecule has 0 spiro atoms. The number of allylic oxidation sites excluding steroid dienone is 2. The number of hydrogen-bond acceptors (Lipinski definition) is 5.